The van der Waals surface area contributed by atoms with Crippen LogP contribution >= 0.6 is 15.9 Å². The lowest BCUT2D eigenvalue weighted by molar-refractivity contribution is 0.636. The summed E-state index contributed by atoms with van der Waals surface area (Å²) in [4.78, 5) is 0. The molecule has 0 saturated carbocycles. The highest BCUT2D eigenvalue weighted by atomic mass is 79.9. The number of benzene rings is 2. The first kappa shape index (κ1) is 13.3. The predicted molar refractivity (Wildman–Crippen MR) is 81.4 cm³/mol. The molecule has 0 radical (unpaired) electrons. The van der Waals surface area contributed by atoms with Gasteiger partial charge >= 0.3 is 0 Å². The van der Waals surface area contributed by atoms with Gasteiger partial charge in [0.2, 0.25) is 0 Å². The first-order valence-electron chi connectivity index (χ1n) is 6.33. The molecule has 94 valence electrons. The molecule has 2 heteroatoms. The standard InChI is InChI=1S/C16H18BrN/c1-2-6-16(18)14-11-13(9-10-15(14)17)12-7-4-3-5-8-12/h3-5,7-11,16H,2,6,18H2,1H3. The van der Waals surface area contributed by atoms with Gasteiger partial charge in [-0.05, 0) is 35.2 Å². The normalized spacial score (nSPS) is 12.4. The molecule has 0 amide bonds. The van der Waals surface area contributed by atoms with Crippen molar-refractivity contribution in [1.29, 1.82) is 0 Å². The summed E-state index contributed by atoms with van der Waals surface area (Å²) in [6.45, 7) is 2.16. The fourth-order valence-corrected chi connectivity index (χ4v) is 2.65. The van der Waals surface area contributed by atoms with Crippen LogP contribution in [0.1, 0.15) is 31.4 Å². The second kappa shape index (κ2) is 6.17. The van der Waals surface area contributed by atoms with Gasteiger partial charge in [0.05, 0.1) is 0 Å². The van der Waals surface area contributed by atoms with Crippen molar-refractivity contribution in [3.8, 4) is 11.1 Å². The molecule has 18 heavy (non-hydrogen) atoms. The topological polar surface area (TPSA) is 26.0 Å². The monoisotopic (exact) mass is 303 g/mol. The summed E-state index contributed by atoms with van der Waals surface area (Å²) in [6, 6.07) is 16.9. The summed E-state index contributed by atoms with van der Waals surface area (Å²) in [7, 11) is 0. The van der Waals surface area contributed by atoms with Crippen LogP contribution < -0.4 is 5.73 Å². The van der Waals surface area contributed by atoms with Gasteiger partial charge in [0.1, 0.15) is 0 Å². The van der Waals surface area contributed by atoms with Crippen LogP contribution in [-0.2, 0) is 0 Å². The van der Waals surface area contributed by atoms with Crippen LogP contribution in [0.25, 0.3) is 11.1 Å². The SMILES string of the molecule is CCCC(N)c1cc(-c2ccccc2)ccc1Br. The van der Waals surface area contributed by atoms with Crippen molar-refractivity contribution in [2.24, 2.45) is 5.73 Å². The van der Waals surface area contributed by atoms with Gasteiger partial charge in [-0.15, -0.1) is 0 Å². The minimum atomic E-state index is 0.105. The van der Waals surface area contributed by atoms with Crippen molar-refractivity contribution >= 4 is 15.9 Å². The smallest absolute Gasteiger partial charge is 0.0306 e. The molecule has 0 bridgehead atoms. The number of hydrogen-bond donors (Lipinski definition) is 1. The highest BCUT2D eigenvalue weighted by Gasteiger charge is 2.10. The zero-order chi connectivity index (χ0) is 13.0. The molecule has 0 fully saturated rings. The van der Waals surface area contributed by atoms with E-state index in [1.165, 1.54) is 16.7 Å². The van der Waals surface area contributed by atoms with Gasteiger partial charge in [-0.3, -0.25) is 0 Å². The maximum Gasteiger partial charge on any atom is 0.0306 e. The van der Waals surface area contributed by atoms with E-state index in [4.69, 9.17) is 5.73 Å². The van der Waals surface area contributed by atoms with E-state index in [2.05, 4.69) is 65.3 Å². The molecule has 1 unspecified atom stereocenters. The van der Waals surface area contributed by atoms with Gasteiger partial charge < -0.3 is 5.73 Å². The Hall–Kier alpha value is -1.12. The first-order valence-corrected chi connectivity index (χ1v) is 7.12. The third-order valence-electron chi connectivity index (χ3n) is 3.10. The Morgan fingerprint density at radius 2 is 1.78 bits per heavy atom. The quantitative estimate of drug-likeness (QED) is 0.852. The Kier molecular flexibility index (Phi) is 4.56. The molecule has 0 aliphatic carbocycles. The van der Waals surface area contributed by atoms with Gasteiger partial charge in [-0.2, -0.15) is 0 Å². The molecule has 0 heterocycles. The summed E-state index contributed by atoms with van der Waals surface area (Å²) in [6.07, 6.45) is 2.11. The Balaban J connectivity index is 2.38. The van der Waals surface area contributed by atoms with Gasteiger partial charge in [0.15, 0.2) is 0 Å². The van der Waals surface area contributed by atoms with Crippen LogP contribution in [0.2, 0.25) is 0 Å². The molecule has 2 aromatic carbocycles. The summed E-state index contributed by atoms with van der Waals surface area (Å²) in [5, 5.41) is 0. The summed E-state index contributed by atoms with van der Waals surface area (Å²) < 4.78 is 1.10. The molecular weight excluding hydrogens is 286 g/mol. The van der Waals surface area contributed by atoms with E-state index < -0.39 is 0 Å². The van der Waals surface area contributed by atoms with E-state index in [9.17, 15) is 0 Å². The first-order chi connectivity index (χ1) is 8.72. The molecule has 1 nitrogen and oxygen atoms in total. The lowest BCUT2D eigenvalue weighted by Crippen LogP contribution is -2.10. The number of nitrogens with two attached hydrogens (primary N) is 1. The Morgan fingerprint density at radius 3 is 2.44 bits per heavy atom. The van der Waals surface area contributed by atoms with Crippen molar-refractivity contribution in [2.75, 3.05) is 0 Å². The number of hydrogen-bond acceptors (Lipinski definition) is 1. The van der Waals surface area contributed by atoms with Gasteiger partial charge in [0, 0.05) is 10.5 Å². The largest absolute Gasteiger partial charge is 0.324 e. The molecule has 1 atom stereocenters. The van der Waals surface area contributed by atoms with Crippen LogP contribution in [0.15, 0.2) is 53.0 Å². The molecule has 2 N–H and O–H groups in total. The van der Waals surface area contributed by atoms with E-state index in [0.717, 1.165) is 17.3 Å². The van der Waals surface area contributed by atoms with Crippen molar-refractivity contribution in [3.05, 3.63) is 58.6 Å². The average Bonchev–Trinajstić information content (AvgIpc) is 2.40. The van der Waals surface area contributed by atoms with E-state index in [0.29, 0.717) is 0 Å². The fraction of sp³-hybridized carbons (Fsp3) is 0.250. The molecular formula is C16H18BrN. The summed E-state index contributed by atoms with van der Waals surface area (Å²) in [5.41, 5.74) is 9.87. The average molecular weight is 304 g/mol. The van der Waals surface area contributed by atoms with E-state index in [-0.39, 0.29) is 6.04 Å². The molecule has 0 aliphatic heterocycles. The molecule has 2 rings (SSSR count). The van der Waals surface area contributed by atoms with Crippen LogP contribution in [-0.4, -0.2) is 0 Å². The zero-order valence-electron chi connectivity index (χ0n) is 10.6. The van der Waals surface area contributed by atoms with Crippen molar-refractivity contribution in [2.45, 2.75) is 25.8 Å². The van der Waals surface area contributed by atoms with Gasteiger partial charge in [-0.1, -0.05) is 65.7 Å². The Bertz CT molecular complexity index is 508. The van der Waals surface area contributed by atoms with E-state index in [1.54, 1.807) is 0 Å². The third kappa shape index (κ3) is 3.01. The van der Waals surface area contributed by atoms with E-state index in [1.807, 2.05) is 6.07 Å². The number of rotatable bonds is 4. The van der Waals surface area contributed by atoms with Crippen molar-refractivity contribution < 1.29 is 0 Å². The third-order valence-corrected chi connectivity index (χ3v) is 3.82. The highest BCUT2D eigenvalue weighted by Crippen LogP contribution is 2.30. The summed E-state index contributed by atoms with van der Waals surface area (Å²) in [5.74, 6) is 0. The van der Waals surface area contributed by atoms with Crippen LogP contribution in [0.3, 0.4) is 0 Å². The Morgan fingerprint density at radius 1 is 1.06 bits per heavy atom. The minimum absolute atomic E-state index is 0.105. The molecule has 0 saturated heterocycles. The van der Waals surface area contributed by atoms with Crippen LogP contribution in [0, 0.1) is 0 Å². The molecule has 2 aromatic rings. The second-order valence-electron chi connectivity index (χ2n) is 4.50. The molecule has 0 aliphatic rings. The number of halogens is 1. The van der Waals surface area contributed by atoms with E-state index >= 15 is 0 Å². The van der Waals surface area contributed by atoms with Gasteiger partial charge in [-0.25, -0.2) is 0 Å². The Labute approximate surface area is 117 Å². The zero-order valence-corrected chi connectivity index (χ0v) is 12.2. The predicted octanol–water partition coefficient (Wildman–Crippen LogP) is 4.92. The van der Waals surface area contributed by atoms with Crippen molar-refractivity contribution in [3.63, 3.8) is 0 Å². The maximum absolute atomic E-state index is 6.22. The van der Waals surface area contributed by atoms with Crippen LogP contribution in [0.4, 0.5) is 0 Å². The summed E-state index contributed by atoms with van der Waals surface area (Å²) >= 11 is 3.59. The molecule has 0 spiro atoms. The highest BCUT2D eigenvalue weighted by molar-refractivity contribution is 9.10. The lowest BCUT2D eigenvalue weighted by Gasteiger charge is -2.14. The van der Waals surface area contributed by atoms with Crippen LogP contribution in [0.5, 0.6) is 0 Å². The molecule has 0 aromatic heterocycles. The van der Waals surface area contributed by atoms with Gasteiger partial charge in [0.25, 0.3) is 0 Å². The lowest BCUT2D eigenvalue weighted by atomic mass is 9.98. The minimum Gasteiger partial charge on any atom is -0.324 e. The van der Waals surface area contributed by atoms with Crippen molar-refractivity contribution in [1.82, 2.24) is 0 Å². The maximum atomic E-state index is 6.22. The second-order valence-corrected chi connectivity index (χ2v) is 5.35. The fourth-order valence-electron chi connectivity index (χ4n) is 2.10.